The SMILES string of the molecule is CC(=O)O.CCCC(=O)N[C@@H](C)C(=O)N[C@H](C(=O)O)c1ccccc1.COC. The minimum atomic E-state index is -1.15. The number of carboxylic acid groups (broad SMARTS) is 2. The van der Waals surface area contributed by atoms with E-state index in [9.17, 15) is 19.5 Å². The Morgan fingerprint density at radius 3 is 1.89 bits per heavy atom. The molecule has 2 atom stereocenters. The number of amides is 2. The summed E-state index contributed by atoms with van der Waals surface area (Å²) in [5, 5.41) is 21.6. The van der Waals surface area contributed by atoms with Crippen molar-refractivity contribution in [2.45, 2.75) is 45.7 Å². The highest BCUT2D eigenvalue weighted by atomic mass is 16.4. The van der Waals surface area contributed by atoms with Crippen LogP contribution in [0.4, 0.5) is 0 Å². The van der Waals surface area contributed by atoms with Gasteiger partial charge in [0.2, 0.25) is 11.8 Å². The number of carbonyl (C=O) groups excluding carboxylic acids is 2. The molecule has 158 valence electrons. The number of carboxylic acids is 2. The normalized spacial score (nSPS) is 11.3. The van der Waals surface area contributed by atoms with E-state index in [-0.39, 0.29) is 5.91 Å². The molecular weight excluding hydrogens is 368 g/mol. The zero-order chi connectivity index (χ0) is 22.1. The molecule has 0 unspecified atom stereocenters. The van der Waals surface area contributed by atoms with Crippen LogP contribution >= 0.6 is 0 Å². The number of methoxy groups -OCH3 is 1. The minimum Gasteiger partial charge on any atom is -0.481 e. The van der Waals surface area contributed by atoms with Crippen molar-refractivity contribution in [1.82, 2.24) is 10.6 Å². The number of benzene rings is 1. The molecule has 0 saturated heterocycles. The van der Waals surface area contributed by atoms with Crippen LogP contribution in [0.2, 0.25) is 0 Å². The molecule has 9 nitrogen and oxygen atoms in total. The maximum absolute atomic E-state index is 12.0. The first-order chi connectivity index (χ1) is 13.1. The summed E-state index contributed by atoms with van der Waals surface area (Å²) in [6.07, 6.45) is 1.01. The van der Waals surface area contributed by atoms with Crippen LogP contribution in [-0.4, -0.2) is 54.2 Å². The van der Waals surface area contributed by atoms with Crippen molar-refractivity contribution in [2.75, 3.05) is 14.2 Å². The van der Waals surface area contributed by atoms with Gasteiger partial charge in [0.25, 0.3) is 5.97 Å². The molecule has 1 aromatic rings. The Morgan fingerprint density at radius 2 is 1.50 bits per heavy atom. The first-order valence-corrected chi connectivity index (χ1v) is 8.57. The largest absolute Gasteiger partial charge is 0.481 e. The molecule has 1 rings (SSSR count). The first-order valence-electron chi connectivity index (χ1n) is 8.57. The molecule has 0 saturated carbocycles. The van der Waals surface area contributed by atoms with Gasteiger partial charge in [-0.3, -0.25) is 14.4 Å². The quantitative estimate of drug-likeness (QED) is 0.546. The van der Waals surface area contributed by atoms with Crippen molar-refractivity contribution >= 4 is 23.8 Å². The molecule has 0 radical (unpaired) electrons. The van der Waals surface area contributed by atoms with Crippen molar-refractivity contribution < 1.29 is 34.1 Å². The molecule has 2 amide bonds. The fraction of sp³-hybridized carbons (Fsp3) is 0.474. The van der Waals surface area contributed by atoms with Crippen molar-refractivity contribution in [3.8, 4) is 0 Å². The van der Waals surface area contributed by atoms with Crippen LogP contribution in [0.25, 0.3) is 0 Å². The average Bonchev–Trinajstić information content (AvgIpc) is 2.60. The van der Waals surface area contributed by atoms with Gasteiger partial charge in [-0.05, 0) is 18.9 Å². The highest BCUT2D eigenvalue weighted by Crippen LogP contribution is 2.12. The Morgan fingerprint density at radius 1 is 1.04 bits per heavy atom. The summed E-state index contributed by atoms with van der Waals surface area (Å²) in [6, 6.07) is 6.49. The zero-order valence-electron chi connectivity index (χ0n) is 16.9. The van der Waals surface area contributed by atoms with Gasteiger partial charge in [0.15, 0.2) is 6.04 Å². The topological polar surface area (TPSA) is 142 Å². The average molecular weight is 398 g/mol. The van der Waals surface area contributed by atoms with Gasteiger partial charge in [-0.1, -0.05) is 37.3 Å². The summed E-state index contributed by atoms with van der Waals surface area (Å²) in [7, 11) is 3.25. The Balaban J connectivity index is 0. The summed E-state index contributed by atoms with van der Waals surface area (Å²) < 4.78 is 4.25. The summed E-state index contributed by atoms with van der Waals surface area (Å²) in [6.45, 7) is 4.47. The lowest BCUT2D eigenvalue weighted by atomic mass is 10.1. The minimum absolute atomic E-state index is 0.230. The zero-order valence-corrected chi connectivity index (χ0v) is 16.9. The number of hydrogen-bond donors (Lipinski definition) is 4. The molecule has 0 spiro atoms. The van der Waals surface area contributed by atoms with Crippen molar-refractivity contribution in [3.05, 3.63) is 35.9 Å². The fourth-order valence-corrected chi connectivity index (χ4v) is 1.81. The molecular formula is C19H30N2O7. The summed E-state index contributed by atoms with van der Waals surface area (Å²) in [4.78, 5) is 43.7. The molecule has 9 heteroatoms. The van der Waals surface area contributed by atoms with E-state index in [1.165, 1.54) is 6.92 Å². The monoisotopic (exact) mass is 398 g/mol. The van der Waals surface area contributed by atoms with Gasteiger partial charge < -0.3 is 25.6 Å². The number of ether oxygens (including phenoxy) is 1. The predicted molar refractivity (Wildman–Crippen MR) is 104 cm³/mol. The third kappa shape index (κ3) is 14.3. The second kappa shape index (κ2) is 16.2. The first kappa shape index (κ1) is 27.3. The second-order valence-corrected chi connectivity index (χ2v) is 5.66. The van der Waals surface area contributed by atoms with E-state index in [1.807, 2.05) is 6.92 Å². The van der Waals surface area contributed by atoms with Crippen LogP contribution in [0.15, 0.2) is 30.3 Å². The molecule has 28 heavy (non-hydrogen) atoms. The third-order valence-electron chi connectivity index (χ3n) is 2.91. The lowest BCUT2D eigenvalue weighted by Gasteiger charge is -2.19. The van der Waals surface area contributed by atoms with Crippen LogP contribution in [0.1, 0.15) is 45.2 Å². The number of rotatable bonds is 7. The van der Waals surface area contributed by atoms with Crippen molar-refractivity contribution in [3.63, 3.8) is 0 Å². The maximum atomic E-state index is 12.0. The second-order valence-electron chi connectivity index (χ2n) is 5.66. The molecule has 0 aliphatic rings. The Labute approximate surface area is 165 Å². The van der Waals surface area contributed by atoms with Gasteiger partial charge in [0.1, 0.15) is 6.04 Å². The van der Waals surface area contributed by atoms with Crippen LogP contribution in [-0.2, 0) is 23.9 Å². The maximum Gasteiger partial charge on any atom is 0.330 e. The van der Waals surface area contributed by atoms with Gasteiger partial charge in [-0.25, -0.2) is 4.79 Å². The number of carbonyl (C=O) groups is 4. The molecule has 0 bridgehead atoms. The summed E-state index contributed by atoms with van der Waals surface area (Å²) >= 11 is 0. The van der Waals surface area contributed by atoms with Gasteiger partial charge in [0, 0.05) is 27.6 Å². The molecule has 0 aromatic heterocycles. The standard InChI is InChI=1S/C15H20N2O4.C2H4O2.C2H6O/c1-3-7-12(18)16-10(2)14(19)17-13(15(20)21)11-8-5-4-6-9-11;1-2(3)4;1-3-2/h4-6,8-10,13H,3,7H2,1-2H3,(H,16,18)(H,17,19)(H,20,21);1H3,(H,3,4);1-2H3/t10-,13-;;/m0../s1. The Hall–Kier alpha value is -2.94. The van der Waals surface area contributed by atoms with Crippen LogP contribution in [0.3, 0.4) is 0 Å². The molecule has 0 aliphatic heterocycles. The molecule has 0 aliphatic carbocycles. The van der Waals surface area contributed by atoms with E-state index in [1.54, 1.807) is 44.6 Å². The van der Waals surface area contributed by atoms with Gasteiger partial charge in [-0.2, -0.15) is 0 Å². The van der Waals surface area contributed by atoms with Crippen LogP contribution in [0.5, 0.6) is 0 Å². The molecule has 1 aromatic carbocycles. The van der Waals surface area contributed by atoms with Crippen LogP contribution in [0, 0.1) is 0 Å². The number of nitrogens with one attached hydrogen (secondary N) is 2. The van der Waals surface area contributed by atoms with E-state index in [4.69, 9.17) is 9.90 Å². The highest BCUT2D eigenvalue weighted by molar-refractivity contribution is 5.90. The van der Waals surface area contributed by atoms with Crippen LogP contribution < -0.4 is 10.6 Å². The van der Waals surface area contributed by atoms with E-state index in [0.29, 0.717) is 18.4 Å². The number of aliphatic carboxylic acids is 2. The molecule has 0 fully saturated rings. The summed E-state index contributed by atoms with van der Waals surface area (Å²) in [5.74, 6) is -2.75. The summed E-state index contributed by atoms with van der Waals surface area (Å²) in [5.41, 5.74) is 0.477. The lowest BCUT2D eigenvalue weighted by molar-refractivity contribution is -0.142. The number of hydrogen-bond acceptors (Lipinski definition) is 5. The van der Waals surface area contributed by atoms with Crippen molar-refractivity contribution in [2.24, 2.45) is 0 Å². The molecule has 0 heterocycles. The third-order valence-corrected chi connectivity index (χ3v) is 2.91. The van der Waals surface area contributed by atoms with E-state index in [2.05, 4.69) is 15.4 Å². The highest BCUT2D eigenvalue weighted by Gasteiger charge is 2.24. The Kier molecular flexibility index (Phi) is 15.8. The predicted octanol–water partition coefficient (Wildman–Crippen LogP) is 1.59. The van der Waals surface area contributed by atoms with Gasteiger partial charge >= 0.3 is 5.97 Å². The Bertz CT molecular complexity index is 602. The van der Waals surface area contributed by atoms with Gasteiger partial charge in [0.05, 0.1) is 0 Å². The van der Waals surface area contributed by atoms with Crippen molar-refractivity contribution in [1.29, 1.82) is 0 Å². The van der Waals surface area contributed by atoms with E-state index >= 15 is 0 Å². The van der Waals surface area contributed by atoms with E-state index < -0.39 is 29.9 Å². The molecule has 4 N–H and O–H groups in total. The van der Waals surface area contributed by atoms with Gasteiger partial charge in [-0.15, -0.1) is 0 Å². The smallest absolute Gasteiger partial charge is 0.330 e. The fourth-order valence-electron chi connectivity index (χ4n) is 1.81. The lowest BCUT2D eigenvalue weighted by Crippen LogP contribution is -2.47. The van der Waals surface area contributed by atoms with E-state index in [0.717, 1.165) is 6.92 Å².